The second-order valence-corrected chi connectivity index (χ2v) is 4.21. The lowest BCUT2D eigenvalue weighted by Crippen LogP contribution is -2.11. The van der Waals surface area contributed by atoms with Gasteiger partial charge in [0, 0.05) is 16.9 Å². The highest BCUT2D eigenvalue weighted by molar-refractivity contribution is 6.05. The van der Waals surface area contributed by atoms with Crippen molar-refractivity contribution in [3.8, 4) is 0 Å². The van der Waals surface area contributed by atoms with Crippen molar-refractivity contribution in [3.05, 3.63) is 54.4 Å². The van der Waals surface area contributed by atoms with E-state index in [4.69, 9.17) is 5.73 Å². The predicted octanol–water partition coefficient (Wildman–Crippen LogP) is 2.40. The number of hydrogen-bond acceptors (Lipinski definition) is 3. The van der Waals surface area contributed by atoms with Crippen molar-refractivity contribution in [1.82, 2.24) is 9.97 Å². The van der Waals surface area contributed by atoms with Gasteiger partial charge in [0.25, 0.3) is 5.91 Å². The van der Waals surface area contributed by atoms with E-state index in [0.717, 1.165) is 16.7 Å². The standard InChI is InChI=1S/C14H12N4O/c15-10-3-1-9(2-4-10)14(19)18-11-5-6-12-13(7-11)17-8-16-12/h1-8H,15H2,(H,16,17)(H,18,19). The van der Waals surface area contributed by atoms with Crippen LogP contribution in [0.1, 0.15) is 10.4 Å². The zero-order valence-corrected chi connectivity index (χ0v) is 10.1. The molecule has 2 aromatic carbocycles. The fraction of sp³-hybridized carbons (Fsp3) is 0. The quantitative estimate of drug-likeness (QED) is 0.612. The van der Waals surface area contributed by atoms with Crippen molar-refractivity contribution in [2.45, 2.75) is 0 Å². The number of nitrogens with zero attached hydrogens (tertiary/aromatic N) is 1. The molecule has 5 heteroatoms. The number of H-pyrrole nitrogens is 1. The van der Waals surface area contributed by atoms with Crippen LogP contribution < -0.4 is 11.1 Å². The number of carbonyl (C=O) groups excluding carboxylic acids is 1. The van der Waals surface area contributed by atoms with E-state index in [2.05, 4.69) is 15.3 Å². The summed E-state index contributed by atoms with van der Waals surface area (Å²) in [6, 6.07) is 12.3. The monoisotopic (exact) mass is 252 g/mol. The highest BCUT2D eigenvalue weighted by Gasteiger charge is 2.06. The van der Waals surface area contributed by atoms with Crippen molar-refractivity contribution in [1.29, 1.82) is 0 Å². The second-order valence-electron chi connectivity index (χ2n) is 4.21. The number of nitrogens with two attached hydrogens (primary N) is 1. The number of nitrogens with one attached hydrogen (secondary N) is 2. The van der Waals surface area contributed by atoms with Crippen LogP contribution in [0.3, 0.4) is 0 Å². The van der Waals surface area contributed by atoms with Gasteiger partial charge in [-0.05, 0) is 42.5 Å². The van der Waals surface area contributed by atoms with Gasteiger partial charge in [0.2, 0.25) is 0 Å². The van der Waals surface area contributed by atoms with Crippen molar-refractivity contribution in [2.75, 3.05) is 11.1 Å². The summed E-state index contributed by atoms with van der Waals surface area (Å²) in [5.41, 5.74) is 9.26. The third kappa shape index (κ3) is 2.26. The van der Waals surface area contributed by atoms with Crippen LogP contribution in [0.15, 0.2) is 48.8 Å². The molecule has 1 aromatic heterocycles. The molecule has 5 nitrogen and oxygen atoms in total. The van der Waals surface area contributed by atoms with E-state index >= 15 is 0 Å². The molecule has 3 rings (SSSR count). The zero-order chi connectivity index (χ0) is 13.2. The van der Waals surface area contributed by atoms with E-state index in [-0.39, 0.29) is 5.91 Å². The van der Waals surface area contributed by atoms with Crippen LogP contribution in [-0.4, -0.2) is 15.9 Å². The van der Waals surface area contributed by atoms with Crippen LogP contribution in [0, 0.1) is 0 Å². The Kier molecular flexibility index (Phi) is 2.64. The highest BCUT2D eigenvalue weighted by atomic mass is 16.1. The van der Waals surface area contributed by atoms with E-state index in [1.807, 2.05) is 18.2 Å². The molecule has 0 spiro atoms. The molecule has 1 amide bonds. The summed E-state index contributed by atoms with van der Waals surface area (Å²) in [6.07, 6.45) is 1.62. The molecule has 0 aliphatic carbocycles. The molecular formula is C14H12N4O. The van der Waals surface area contributed by atoms with Crippen LogP contribution >= 0.6 is 0 Å². The average molecular weight is 252 g/mol. The normalized spacial score (nSPS) is 10.5. The Labute approximate surface area is 109 Å². The SMILES string of the molecule is Nc1ccc(C(=O)Nc2ccc3nc[nH]c3c2)cc1. The van der Waals surface area contributed by atoms with E-state index in [1.54, 1.807) is 30.6 Å². The Morgan fingerprint density at radius 2 is 1.95 bits per heavy atom. The molecule has 0 aliphatic rings. The van der Waals surface area contributed by atoms with Gasteiger partial charge in [-0.1, -0.05) is 0 Å². The molecule has 0 radical (unpaired) electrons. The summed E-state index contributed by atoms with van der Waals surface area (Å²) in [7, 11) is 0. The first-order valence-corrected chi connectivity index (χ1v) is 5.82. The van der Waals surface area contributed by atoms with Gasteiger partial charge in [-0.3, -0.25) is 4.79 Å². The summed E-state index contributed by atoms with van der Waals surface area (Å²) in [5, 5.41) is 2.83. The predicted molar refractivity (Wildman–Crippen MR) is 74.9 cm³/mol. The maximum atomic E-state index is 12.0. The van der Waals surface area contributed by atoms with Crippen molar-refractivity contribution >= 4 is 28.3 Å². The minimum atomic E-state index is -0.168. The van der Waals surface area contributed by atoms with Crippen LogP contribution in [-0.2, 0) is 0 Å². The molecule has 1 heterocycles. The number of fused-ring (bicyclic) bond motifs is 1. The molecule has 0 saturated carbocycles. The number of carbonyl (C=O) groups is 1. The summed E-state index contributed by atoms with van der Waals surface area (Å²) in [6.45, 7) is 0. The molecule has 94 valence electrons. The van der Waals surface area contributed by atoms with Gasteiger partial charge < -0.3 is 16.0 Å². The van der Waals surface area contributed by atoms with Gasteiger partial charge in [0.15, 0.2) is 0 Å². The number of nitrogen functional groups attached to an aromatic ring is 1. The van der Waals surface area contributed by atoms with Gasteiger partial charge in [-0.2, -0.15) is 0 Å². The highest BCUT2D eigenvalue weighted by Crippen LogP contribution is 2.16. The largest absolute Gasteiger partial charge is 0.399 e. The van der Waals surface area contributed by atoms with Gasteiger partial charge in [-0.15, -0.1) is 0 Å². The number of hydrogen-bond donors (Lipinski definition) is 3. The number of anilines is 2. The number of benzene rings is 2. The summed E-state index contributed by atoms with van der Waals surface area (Å²) in [5.74, 6) is -0.168. The first-order valence-electron chi connectivity index (χ1n) is 5.82. The van der Waals surface area contributed by atoms with Crippen LogP contribution in [0.5, 0.6) is 0 Å². The maximum Gasteiger partial charge on any atom is 0.255 e. The van der Waals surface area contributed by atoms with E-state index in [0.29, 0.717) is 11.3 Å². The molecule has 3 aromatic rings. The molecule has 0 aliphatic heterocycles. The summed E-state index contributed by atoms with van der Waals surface area (Å²) >= 11 is 0. The van der Waals surface area contributed by atoms with Crippen molar-refractivity contribution < 1.29 is 4.79 Å². The fourth-order valence-corrected chi connectivity index (χ4v) is 1.85. The van der Waals surface area contributed by atoms with E-state index in [9.17, 15) is 4.79 Å². The fourth-order valence-electron chi connectivity index (χ4n) is 1.85. The van der Waals surface area contributed by atoms with E-state index in [1.165, 1.54) is 0 Å². The van der Waals surface area contributed by atoms with Gasteiger partial charge in [-0.25, -0.2) is 4.98 Å². The Morgan fingerprint density at radius 3 is 2.74 bits per heavy atom. The molecule has 0 atom stereocenters. The number of rotatable bonds is 2. The first-order chi connectivity index (χ1) is 9.22. The van der Waals surface area contributed by atoms with Gasteiger partial charge >= 0.3 is 0 Å². The Hall–Kier alpha value is -2.82. The van der Waals surface area contributed by atoms with Crippen LogP contribution in [0.25, 0.3) is 11.0 Å². The van der Waals surface area contributed by atoms with Crippen molar-refractivity contribution in [3.63, 3.8) is 0 Å². The minimum Gasteiger partial charge on any atom is -0.399 e. The topological polar surface area (TPSA) is 83.8 Å². The third-order valence-corrected chi connectivity index (χ3v) is 2.85. The van der Waals surface area contributed by atoms with Crippen LogP contribution in [0.4, 0.5) is 11.4 Å². The number of aromatic nitrogens is 2. The lowest BCUT2D eigenvalue weighted by atomic mass is 10.2. The number of imidazole rings is 1. The second kappa shape index (κ2) is 4.45. The Balaban J connectivity index is 1.83. The maximum absolute atomic E-state index is 12.0. The molecule has 0 saturated heterocycles. The Bertz CT molecular complexity index is 731. The number of amides is 1. The van der Waals surface area contributed by atoms with E-state index < -0.39 is 0 Å². The Morgan fingerprint density at radius 1 is 1.16 bits per heavy atom. The zero-order valence-electron chi connectivity index (χ0n) is 10.1. The summed E-state index contributed by atoms with van der Waals surface area (Å²) in [4.78, 5) is 19.1. The third-order valence-electron chi connectivity index (χ3n) is 2.85. The van der Waals surface area contributed by atoms with Gasteiger partial charge in [0.05, 0.1) is 17.4 Å². The summed E-state index contributed by atoms with van der Waals surface area (Å²) < 4.78 is 0. The lowest BCUT2D eigenvalue weighted by Gasteiger charge is -2.05. The smallest absolute Gasteiger partial charge is 0.255 e. The first kappa shape index (κ1) is 11.3. The molecule has 0 bridgehead atoms. The lowest BCUT2D eigenvalue weighted by molar-refractivity contribution is 0.102. The molecule has 4 N–H and O–H groups in total. The molecule has 0 unspecified atom stereocenters. The van der Waals surface area contributed by atoms with Crippen LogP contribution in [0.2, 0.25) is 0 Å². The minimum absolute atomic E-state index is 0.168. The molecule has 0 fully saturated rings. The average Bonchev–Trinajstić information content (AvgIpc) is 2.87. The van der Waals surface area contributed by atoms with Crippen molar-refractivity contribution in [2.24, 2.45) is 0 Å². The number of aromatic amines is 1. The molecular weight excluding hydrogens is 240 g/mol. The molecule has 19 heavy (non-hydrogen) atoms. The van der Waals surface area contributed by atoms with Gasteiger partial charge in [0.1, 0.15) is 0 Å².